The second-order valence-electron chi connectivity index (χ2n) is 4.56. The molecular weight excluding hydrogens is 214 g/mol. The molecule has 2 N–H and O–H groups in total. The van der Waals surface area contributed by atoms with Gasteiger partial charge in [0.1, 0.15) is 17.6 Å². The van der Waals surface area contributed by atoms with Crippen LogP contribution in [0.15, 0.2) is 18.2 Å². The molecule has 0 bridgehead atoms. The molecule has 0 radical (unpaired) electrons. The van der Waals surface area contributed by atoms with Crippen molar-refractivity contribution in [1.29, 1.82) is 5.26 Å². The number of nitrogens with zero attached hydrogens (tertiary/aromatic N) is 2. The summed E-state index contributed by atoms with van der Waals surface area (Å²) in [6, 6.07) is 7.88. The average molecular weight is 231 g/mol. The number of aliphatic hydroxyl groups is 1. The standard InChI is InChI=1S/C13H17N3O/c14-8-12-2-1-3-13(16-12)15-11-6-4-10(9-17)5-7-11/h1-3,10-11,17H,4-7,9H2,(H,15,16). The van der Waals surface area contributed by atoms with Crippen LogP contribution in [0.25, 0.3) is 0 Å². The van der Waals surface area contributed by atoms with Crippen molar-refractivity contribution in [3.8, 4) is 6.07 Å². The number of anilines is 1. The highest BCUT2D eigenvalue weighted by molar-refractivity contribution is 5.39. The predicted molar refractivity (Wildman–Crippen MR) is 65.4 cm³/mol. The first-order chi connectivity index (χ1) is 8.31. The van der Waals surface area contributed by atoms with Gasteiger partial charge in [-0.1, -0.05) is 6.07 Å². The Bertz CT molecular complexity index is 405. The fourth-order valence-electron chi connectivity index (χ4n) is 2.28. The lowest BCUT2D eigenvalue weighted by Gasteiger charge is -2.28. The van der Waals surface area contributed by atoms with Gasteiger partial charge in [0, 0.05) is 12.6 Å². The Morgan fingerprint density at radius 3 is 2.76 bits per heavy atom. The van der Waals surface area contributed by atoms with Gasteiger partial charge in [-0.3, -0.25) is 0 Å². The highest BCUT2D eigenvalue weighted by Gasteiger charge is 2.20. The maximum Gasteiger partial charge on any atom is 0.142 e. The molecular formula is C13H17N3O. The van der Waals surface area contributed by atoms with Crippen molar-refractivity contribution in [2.45, 2.75) is 31.7 Å². The molecule has 1 fully saturated rings. The van der Waals surface area contributed by atoms with Gasteiger partial charge in [0.2, 0.25) is 0 Å². The van der Waals surface area contributed by atoms with E-state index >= 15 is 0 Å². The highest BCUT2D eigenvalue weighted by atomic mass is 16.3. The van der Waals surface area contributed by atoms with Crippen LogP contribution in [0.1, 0.15) is 31.4 Å². The van der Waals surface area contributed by atoms with Crippen LogP contribution in [-0.4, -0.2) is 22.7 Å². The van der Waals surface area contributed by atoms with Gasteiger partial charge in [0.25, 0.3) is 0 Å². The molecule has 0 amide bonds. The minimum absolute atomic E-state index is 0.300. The number of hydrogen-bond acceptors (Lipinski definition) is 4. The molecule has 0 aliphatic heterocycles. The van der Waals surface area contributed by atoms with Crippen LogP contribution in [0.4, 0.5) is 5.82 Å². The Labute approximate surface area is 101 Å². The summed E-state index contributed by atoms with van der Waals surface area (Å²) in [5, 5.41) is 21.2. The zero-order valence-corrected chi connectivity index (χ0v) is 9.76. The molecule has 1 heterocycles. The van der Waals surface area contributed by atoms with E-state index in [1.54, 1.807) is 6.07 Å². The summed E-state index contributed by atoms with van der Waals surface area (Å²) in [4.78, 5) is 4.20. The van der Waals surface area contributed by atoms with Gasteiger partial charge >= 0.3 is 0 Å². The maximum atomic E-state index is 9.07. The molecule has 90 valence electrons. The van der Waals surface area contributed by atoms with E-state index in [1.807, 2.05) is 18.2 Å². The first-order valence-corrected chi connectivity index (χ1v) is 6.06. The first kappa shape index (κ1) is 11.9. The van der Waals surface area contributed by atoms with Crippen LogP contribution in [0.5, 0.6) is 0 Å². The molecule has 1 aromatic rings. The lowest BCUT2D eigenvalue weighted by molar-refractivity contribution is 0.185. The zero-order chi connectivity index (χ0) is 12.1. The van der Waals surface area contributed by atoms with Crippen LogP contribution in [0, 0.1) is 17.2 Å². The lowest BCUT2D eigenvalue weighted by Crippen LogP contribution is -2.27. The van der Waals surface area contributed by atoms with E-state index in [0.717, 1.165) is 31.5 Å². The number of aromatic nitrogens is 1. The molecule has 1 saturated carbocycles. The molecule has 4 heteroatoms. The fourth-order valence-corrected chi connectivity index (χ4v) is 2.28. The van der Waals surface area contributed by atoms with Gasteiger partial charge in [-0.25, -0.2) is 4.98 Å². The summed E-state index contributed by atoms with van der Waals surface area (Å²) in [6.45, 7) is 0.300. The Kier molecular flexibility index (Phi) is 3.94. The van der Waals surface area contributed by atoms with Gasteiger partial charge < -0.3 is 10.4 Å². The lowest BCUT2D eigenvalue weighted by atomic mass is 9.86. The van der Waals surface area contributed by atoms with Crippen LogP contribution in [-0.2, 0) is 0 Å². The summed E-state index contributed by atoms with van der Waals surface area (Å²) in [6.07, 6.45) is 4.24. The summed E-state index contributed by atoms with van der Waals surface area (Å²) in [5.41, 5.74) is 0.444. The molecule has 4 nitrogen and oxygen atoms in total. The minimum Gasteiger partial charge on any atom is -0.396 e. The predicted octanol–water partition coefficient (Wildman–Crippen LogP) is 1.92. The summed E-state index contributed by atoms with van der Waals surface area (Å²) >= 11 is 0. The number of rotatable bonds is 3. The molecule has 0 aromatic carbocycles. The van der Waals surface area contributed by atoms with Crippen molar-refractivity contribution in [3.05, 3.63) is 23.9 Å². The molecule has 1 aliphatic carbocycles. The van der Waals surface area contributed by atoms with Crippen LogP contribution < -0.4 is 5.32 Å². The molecule has 2 rings (SSSR count). The largest absolute Gasteiger partial charge is 0.396 e. The summed E-state index contributed by atoms with van der Waals surface area (Å²) < 4.78 is 0. The van der Waals surface area contributed by atoms with Crippen LogP contribution >= 0.6 is 0 Å². The number of pyridine rings is 1. The normalized spacial score (nSPS) is 24.0. The molecule has 0 saturated heterocycles. The van der Waals surface area contributed by atoms with Crippen molar-refractivity contribution in [3.63, 3.8) is 0 Å². The molecule has 0 unspecified atom stereocenters. The van der Waals surface area contributed by atoms with Crippen molar-refractivity contribution < 1.29 is 5.11 Å². The van der Waals surface area contributed by atoms with Gasteiger partial charge in [-0.15, -0.1) is 0 Å². The van der Waals surface area contributed by atoms with Gasteiger partial charge in [-0.05, 0) is 43.7 Å². The van der Waals surface area contributed by atoms with E-state index in [4.69, 9.17) is 10.4 Å². The monoisotopic (exact) mass is 231 g/mol. The second kappa shape index (κ2) is 5.65. The Morgan fingerprint density at radius 2 is 2.12 bits per heavy atom. The van der Waals surface area contributed by atoms with E-state index in [0.29, 0.717) is 24.3 Å². The van der Waals surface area contributed by atoms with Gasteiger partial charge in [0.15, 0.2) is 0 Å². The topological polar surface area (TPSA) is 68.9 Å². The Balaban J connectivity index is 1.91. The average Bonchev–Trinajstić information content (AvgIpc) is 2.40. The first-order valence-electron chi connectivity index (χ1n) is 6.06. The zero-order valence-electron chi connectivity index (χ0n) is 9.76. The number of nitrogens with one attached hydrogen (secondary N) is 1. The van der Waals surface area contributed by atoms with E-state index in [-0.39, 0.29) is 0 Å². The molecule has 1 aliphatic rings. The SMILES string of the molecule is N#Cc1cccc(NC2CCC(CO)CC2)n1. The van der Waals surface area contributed by atoms with Gasteiger partial charge in [-0.2, -0.15) is 5.26 Å². The third-order valence-electron chi connectivity index (χ3n) is 3.32. The van der Waals surface area contributed by atoms with E-state index in [9.17, 15) is 0 Å². The van der Waals surface area contributed by atoms with E-state index in [2.05, 4.69) is 10.3 Å². The summed E-state index contributed by atoms with van der Waals surface area (Å²) in [7, 11) is 0. The third kappa shape index (κ3) is 3.18. The number of hydrogen-bond donors (Lipinski definition) is 2. The molecule has 0 atom stereocenters. The maximum absolute atomic E-state index is 9.07. The molecule has 0 spiro atoms. The smallest absolute Gasteiger partial charge is 0.142 e. The van der Waals surface area contributed by atoms with Crippen molar-refractivity contribution in [2.75, 3.05) is 11.9 Å². The number of aliphatic hydroxyl groups excluding tert-OH is 1. The highest BCUT2D eigenvalue weighted by Crippen LogP contribution is 2.25. The van der Waals surface area contributed by atoms with Crippen LogP contribution in [0.3, 0.4) is 0 Å². The van der Waals surface area contributed by atoms with Crippen molar-refractivity contribution in [1.82, 2.24) is 4.98 Å². The fraction of sp³-hybridized carbons (Fsp3) is 0.538. The third-order valence-corrected chi connectivity index (χ3v) is 3.32. The summed E-state index contributed by atoms with van der Waals surface area (Å²) in [5.74, 6) is 1.24. The Hall–Kier alpha value is -1.60. The van der Waals surface area contributed by atoms with Gasteiger partial charge in [0.05, 0.1) is 0 Å². The quantitative estimate of drug-likeness (QED) is 0.833. The molecule has 1 aromatic heterocycles. The number of nitriles is 1. The van der Waals surface area contributed by atoms with Crippen molar-refractivity contribution >= 4 is 5.82 Å². The van der Waals surface area contributed by atoms with E-state index in [1.165, 1.54) is 0 Å². The van der Waals surface area contributed by atoms with E-state index < -0.39 is 0 Å². The molecule has 17 heavy (non-hydrogen) atoms. The van der Waals surface area contributed by atoms with Crippen LogP contribution in [0.2, 0.25) is 0 Å². The Morgan fingerprint density at radius 1 is 1.35 bits per heavy atom. The van der Waals surface area contributed by atoms with Crippen molar-refractivity contribution in [2.24, 2.45) is 5.92 Å². The second-order valence-corrected chi connectivity index (χ2v) is 4.56. The minimum atomic E-state index is 0.300.